The Morgan fingerprint density at radius 2 is 1.93 bits per heavy atom. The van der Waals surface area contributed by atoms with E-state index < -0.39 is 25.8 Å². The van der Waals surface area contributed by atoms with E-state index in [1.807, 2.05) is 0 Å². The first-order valence-electron chi connectivity index (χ1n) is 8.06. The molecule has 28 heavy (non-hydrogen) atoms. The second-order valence-corrected chi connectivity index (χ2v) is 9.98. The summed E-state index contributed by atoms with van der Waals surface area (Å²) >= 11 is 0. The second-order valence-electron chi connectivity index (χ2n) is 5.65. The number of benzene rings is 1. The molecule has 0 spiro atoms. The fraction of sp³-hybridized carbons (Fsp3) is 0.235. The molecular weight excluding hydrogens is 415 g/mol. The zero-order chi connectivity index (χ0) is 20.7. The summed E-state index contributed by atoms with van der Waals surface area (Å²) in [6.45, 7) is 2.82. The summed E-state index contributed by atoms with van der Waals surface area (Å²) in [5.74, 6) is -0.234. The minimum Gasteiger partial charge on any atom is -0.435 e. The lowest BCUT2D eigenvalue weighted by atomic mass is 10.3. The standard InChI is InChI=1S/C17H16F3N3O3S2/c1-3-27(17(18,19)20)10-5-6-12-11(9-10)22-16(26-12)15-13(28(24,25)4-2)7-8-14(21)23-15/h3,5-9H,4H2,1-2H3,(H2,21,23). The zero-order valence-electron chi connectivity index (χ0n) is 14.8. The van der Waals surface area contributed by atoms with Crippen molar-refractivity contribution in [2.45, 2.75) is 29.1 Å². The number of anilines is 1. The minimum atomic E-state index is -4.41. The molecule has 2 aromatic heterocycles. The lowest BCUT2D eigenvalue weighted by Gasteiger charge is -2.12. The van der Waals surface area contributed by atoms with E-state index in [-0.39, 0.29) is 44.0 Å². The third kappa shape index (κ3) is 3.76. The number of sulfone groups is 1. The van der Waals surface area contributed by atoms with Crippen molar-refractivity contribution >= 4 is 42.6 Å². The van der Waals surface area contributed by atoms with Crippen LogP contribution in [0.1, 0.15) is 13.8 Å². The van der Waals surface area contributed by atoms with Crippen LogP contribution in [0.2, 0.25) is 0 Å². The number of alkyl halides is 3. The summed E-state index contributed by atoms with van der Waals surface area (Å²) in [7, 11) is -5.71. The number of hydrogen-bond acceptors (Lipinski definition) is 6. The quantitative estimate of drug-likeness (QED) is 0.621. The van der Waals surface area contributed by atoms with E-state index in [9.17, 15) is 21.6 Å². The van der Waals surface area contributed by atoms with Crippen LogP contribution >= 0.6 is 10.5 Å². The van der Waals surface area contributed by atoms with Gasteiger partial charge in [-0.3, -0.25) is 0 Å². The molecule has 0 fully saturated rings. The Labute approximate surface area is 161 Å². The Balaban J connectivity index is 2.19. The van der Waals surface area contributed by atoms with Crippen LogP contribution in [0.25, 0.3) is 22.7 Å². The van der Waals surface area contributed by atoms with Gasteiger partial charge in [0.15, 0.2) is 15.4 Å². The van der Waals surface area contributed by atoms with E-state index in [2.05, 4.69) is 9.97 Å². The highest BCUT2D eigenvalue weighted by Crippen LogP contribution is 2.44. The van der Waals surface area contributed by atoms with Gasteiger partial charge in [-0.05, 0) is 37.3 Å². The molecule has 3 aromatic rings. The Kier molecular flexibility index (Phi) is 5.24. The van der Waals surface area contributed by atoms with Crippen molar-refractivity contribution in [1.29, 1.82) is 0 Å². The van der Waals surface area contributed by atoms with Crippen molar-refractivity contribution in [1.82, 2.24) is 9.97 Å². The first-order chi connectivity index (χ1) is 13.1. The topological polar surface area (TPSA) is 99.1 Å². The first kappa shape index (κ1) is 20.3. The van der Waals surface area contributed by atoms with Crippen LogP contribution in [0.3, 0.4) is 0 Å². The fourth-order valence-electron chi connectivity index (χ4n) is 2.57. The molecule has 0 saturated heterocycles. The fourth-order valence-corrected chi connectivity index (χ4v) is 4.84. The minimum absolute atomic E-state index is 0.0317. The molecule has 11 heteroatoms. The van der Waals surface area contributed by atoms with E-state index in [0.29, 0.717) is 0 Å². The van der Waals surface area contributed by atoms with Crippen molar-refractivity contribution in [3.63, 3.8) is 0 Å². The number of nitrogen functional groups attached to an aromatic ring is 1. The number of halogens is 3. The molecule has 1 unspecified atom stereocenters. The number of nitrogens with two attached hydrogens (primary N) is 1. The van der Waals surface area contributed by atoms with Gasteiger partial charge in [-0.1, -0.05) is 22.8 Å². The van der Waals surface area contributed by atoms with E-state index in [1.165, 1.54) is 44.2 Å². The van der Waals surface area contributed by atoms with Gasteiger partial charge in [-0.25, -0.2) is 18.4 Å². The predicted molar refractivity (Wildman–Crippen MR) is 103 cm³/mol. The molecule has 2 heterocycles. The second kappa shape index (κ2) is 7.21. The molecule has 0 aliphatic heterocycles. The highest BCUT2D eigenvalue weighted by molar-refractivity contribution is 8.15. The Bertz CT molecular complexity index is 1190. The molecule has 0 aliphatic carbocycles. The van der Waals surface area contributed by atoms with Crippen LogP contribution in [0.4, 0.5) is 19.0 Å². The first-order valence-corrected chi connectivity index (χ1v) is 11.0. The molecule has 0 aliphatic rings. The number of nitrogens with zero attached hydrogens (tertiary/aromatic N) is 2. The number of hydrogen-bond donors (Lipinski definition) is 1. The molecule has 150 valence electrons. The maximum absolute atomic E-state index is 13.2. The van der Waals surface area contributed by atoms with Crippen LogP contribution in [-0.2, 0) is 9.84 Å². The van der Waals surface area contributed by atoms with Gasteiger partial charge in [0.1, 0.15) is 17.0 Å². The Morgan fingerprint density at radius 3 is 2.54 bits per heavy atom. The van der Waals surface area contributed by atoms with Gasteiger partial charge >= 0.3 is 5.51 Å². The van der Waals surface area contributed by atoms with E-state index in [1.54, 1.807) is 0 Å². The molecule has 1 atom stereocenters. The molecule has 0 bridgehead atoms. The van der Waals surface area contributed by atoms with Crippen molar-refractivity contribution in [2.24, 2.45) is 0 Å². The van der Waals surface area contributed by atoms with Gasteiger partial charge < -0.3 is 10.2 Å². The van der Waals surface area contributed by atoms with Gasteiger partial charge in [0, 0.05) is 4.90 Å². The Hall–Kier alpha value is -2.40. The van der Waals surface area contributed by atoms with Crippen molar-refractivity contribution in [3.05, 3.63) is 30.3 Å². The zero-order valence-corrected chi connectivity index (χ0v) is 16.5. The highest BCUT2D eigenvalue weighted by atomic mass is 32.2. The van der Waals surface area contributed by atoms with Gasteiger partial charge in [0.25, 0.3) is 0 Å². The van der Waals surface area contributed by atoms with Crippen LogP contribution in [-0.4, -0.2) is 35.0 Å². The third-order valence-electron chi connectivity index (χ3n) is 3.90. The van der Waals surface area contributed by atoms with Crippen LogP contribution < -0.4 is 5.73 Å². The lowest BCUT2D eigenvalue weighted by molar-refractivity contribution is -0.0334. The van der Waals surface area contributed by atoms with Crippen LogP contribution in [0.15, 0.2) is 44.5 Å². The van der Waals surface area contributed by atoms with Gasteiger partial charge in [-0.2, -0.15) is 13.2 Å². The molecule has 3 rings (SSSR count). The summed E-state index contributed by atoms with van der Waals surface area (Å²) in [4.78, 5) is 8.12. The third-order valence-corrected chi connectivity index (χ3v) is 7.39. The van der Waals surface area contributed by atoms with Crippen molar-refractivity contribution in [2.75, 3.05) is 11.5 Å². The van der Waals surface area contributed by atoms with Crippen LogP contribution in [0.5, 0.6) is 0 Å². The van der Waals surface area contributed by atoms with E-state index >= 15 is 0 Å². The van der Waals surface area contributed by atoms with E-state index in [0.717, 1.165) is 5.37 Å². The lowest BCUT2D eigenvalue weighted by Crippen LogP contribution is -2.08. The maximum atomic E-state index is 13.2. The van der Waals surface area contributed by atoms with E-state index in [4.69, 9.17) is 10.2 Å². The van der Waals surface area contributed by atoms with Crippen molar-refractivity contribution < 1.29 is 26.0 Å². The summed E-state index contributed by atoms with van der Waals surface area (Å²) in [6, 6.07) is 6.61. The number of fused-ring (bicyclic) bond motifs is 1. The molecule has 0 amide bonds. The Morgan fingerprint density at radius 1 is 1.21 bits per heavy atom. The number of rotatable bonds is 4. The van der Waals surface area contributed by atoms with Gasteiger partial charge in [-0.15, -0.1) is 0 Å². The summed E-state index contributed by atoms with van der Waals surface area (Å²) in [6.07, 6.45) is 0. The smallest absolute Gasteiger partial charge is 0.435 e. The van der Waals surface area contributed by atoms with Gasteiger partial charge in [0.2, 0.25) is 5.89 Å². The maximum Gasteiger partial charge on any atom is 0.440 e. The number of pyridine rings is 1. The van der Waals surface area contributed by atoms with Crippen molar-refractivity contribution in [3.8, 4) is 11.6 Å². The summed E-state index contributed by atoms with van der Waals surface area (Å²) < 4.78 is 69.8. The number of aromatic nitrogens is 2. The predicted octanol–water partition coefficient (Wildman–Crippen LogP) is 4.24. The average molecular weight is 431 g/mol. The normalized spacial score (nSPS) is 13.9. The van der Waals surface area contributed by atoms with Gasteiger partial charge in [0.05, 0.1) is 10.6 Å². The van der Waals surface area contributed by atoms with Crippen LogP contribution in [0, 0.1) is 0 Å². The molecule has 0 radical (unpaired) electrons. The summed E-state index contributed by atoms with van der Waals surface area (Å²) in [5, 5.41) is 1.08. The molecule has 6 nitrogen and oxygen atoms in total. The molecule has 2 N–H and O–H groups in total. The molecule has 1 aromatic carbocycles. The monoisotopic (exact) mass is 431 g/mol. The molecule has 0 saturated carbocycles. The molecular formula is C17H16F3N3O3S2. The number of oxazole rings is 1. The summed E-state index contributed by atoms with van der Waals surface area (Å²) in [5.41, 5.74) is 1.57. The highest BCUT2D eigenvalue weighted by Gasteiger charge is 2.33. The average Bonchev–Trinajstić information content (AvgIpc) is 3.04. The largest absolute Gasteiger partial charge is 0.440 e. The SMILES string of the molecule is C/C=S(\c1ccc2oc(-c3nc(N)ccc3S(=O)(=O)CC)nc2c1)C(F)(F)F.